The third-order valence-corrected chi connectivity index (χ3v) is 2.87. The van der Waals surface area contributed by atoms with Gasteiger partial charge in [0.2, 0.25) is 0 Å². The molecule has 0 aliphatic carbocycles. The molecule has 2 aliphatic heterocycles. The molecule has 0 N–H and O–H groups in total. The van der Waals surface area contributed by atoms with Gasteiger partial charge in [-0.05, 0) is 6.92 Å². The molecule has 0 bridgehead atoms. The fraction of sp³-hybridized carbons (Fsp3) is 0.154. The van der Waals surface area contributed by atoms with E-state index in [0.29, 0.717) is 5.84 Å². The van der Waals surface area contributed by atoms with Gasteiger partial charge in [-0.15, -0.1) is 0 Å². The number of fused-ring (bicyclic) bond motifs is 1. The van der Waals surface area contributed by atoms with Crippen LogP contribution in [0, 0.1) is 0 Å². The number of carbonyl (C=O) groups excluding carboxylic acids is 2. The first kappa shape index (κ1) is 11.5. The van der Waals surface area contributed by atoms with Gasteiger partial charge in [0, 0.05) is 12.1 Å². The average molecular weight is 254 g/mol. The van der Waals surface area contributed by atoms with Crippen LogP contribution in [0.25, 0.3) is 0 Å². The molecule has 6 heteroatoms. The van der Waals surface area contributed by atoms with Crippen molar-refractivity contribution in [1.82, 2.24) is 4.90 Å². The molecule has 0 unspecified atom stereocenters. The Hall–Kier alpha value is -2.63. The van der Waals surface area contributed by atoms with Crippen LogP contribution in [0.5, 0.6) is 0 Å². The summed E-state index contributed by atoms with van der Waals surface area (Å²) in [5.74, 6) is 0.0826. The van der Waals surface area contributed by atoms with Crippen molar-refractivity contribution in [2.45, 2.75) is 6.92 Å². The Labute approximate surface area is 109 Å². The van der Waals surface area contributed by atoms with E-state index >= 15 is 0 Å². The van der Waals surface area contributed by atoms with Gasteiger partial charge in [0.1, 0.15) is 0 Å². The summed E-state index contributed by atoms with van der Waals surface area (Å²) in [7, 11) is 0. The number of benzene rings is 1. The maximum Gasteiger partial charge on any atom is 0.352 e. The van der Waals surface area contributed by atoms with Crippen molar-refractivity contribution < 1.29 is 9.59 Å². The van der Waals surface area contributed by atoms with E-state index in [9.17, 15) is 9.59 Å². The van der Waals surface area contributed by atoms with Crippen molar-refractivity contribution in [3.8, 4) is 0 Å². The summed E-state index contributed by atoms with van der Waals surface area (Å²) in [5, 5.41) is 0. The highest BCUT2D eigenvalue weighted by atomic mass is 16.2. The lowest BCUT2D eigenvalue weighted by Crippen LogP contribution is -2.45. The van der Waals surface area contributed by atoms with Crippen molar-refractivity contribution in [3.63, 3.8) is 0 Å². The topological polar surface area (TPSA) is 74.5 Å². The van der Waals surface area contributed by atoms with Gasteiger partial charge >= 0.3 is 6.03 Å². The van der Waals surface area contributed by atoms with Gasteiger partial charge in [-0.3, -0.25) is 9.69 Å². The van der Waals surface area contributed by atoms with Gasteiger partial charge in [-0.2, -0.15) is 4.99 Å². The van der Waals surface area contributed by atoms with Crippen molar-refractivity contribution in [3.05, 3.63) is 35.9 Å². The molecule has 3 rings (SSSR count). The van der Waals surface area contributed by atoms with Crippen LogP contribution in [-0.4, -0.2) is 40.8 Å². The highest BCUT2D eigenvalue weighted by molar-refractivity contribution is 6.72. The molecule has 0 saturated heterocycles. The van der Waals surface area contributed by atoms with Gasteiger partial charge in [0.25, 0.3) is 5.91 Å². The van der Waals surface area contributed by atoms with E-state index in [1.54, 1.807) is 6.92 Å². The van der Waals surface area contributed by atoms with E-state index in [2.05, 4.69) is 15.0 Å². The minimum Gasteiger partial charge on any atom is -0.267 e. The highest BCUT2D eigenvalue weighted by Gasteiger charge is 2.36. The van der Waals surface area contributed by atoms with Crippen molar-refractivity contribution >= 4 is 29.3 Å². The van der Waals surface area contributed by atoms with Gasteiger partial charge < -0.3 is 0 Å². The monoisotopic (exact) mass is 254 g/mol. The van der Waals surface area contributed by atoms with Gasteiger partial charge in [-0.25, -0.2) is 14.8 Å². The molecular formula is C13H10N4O2. The molecule has 19 heavy (non-hydrogen) atoms. The van der Waals surface area contributed by atoms with E-state index < -0.39 is 11.9 Å². The van der Waals surface area contributed by atoms with Crippen LogP contribution in [0.2, 0.25) is 0 Å². The lowest BCUT2D eigenvalue weighted by Gasteiger charge is -2.19. The first-order valence-corrected chi connectivity index (χ1v) is 5.88. The number of aliphatic imine (C=N–C) groups is 3. The van der Waals surface area contributed by atoms with Crippen LogP contribution in [0.15, 0.2) is 45.3 Å². The van der Waals surface area contributed by atoms with Crippen LogP contribution >= 0.6 is 0 Å². The third kappa shape index (κ3) is 1.77. The molecule has 0 spiro atoms. The zero-order valence-corrected chi connectivity index (χ0v) is 10.2. The number of hydrogen-bond donors (Lipinski definition) is 0. The van der Waals surface area contributed by atoms with E-state index in [0.717, 1.165) is 10.5 Å². The maximum absolute atomic E-state index is 12.0. The largest absolute Gasteiger partial charge is 0.352 e. The second kappa shape index (κ2) is 4.24. The summed E-state index contributed by atoms with van der Waals surface area (Å²) in [4.78, 5) is 36.8. The summed E-state index contributed by atoms with van der Waals surface area (Å²) in [5.41, 5.74) is 0.927. The maximum atomic E-state index is 12.0. The van der Waals surface area contributed by atoms with Crippen molar-refractivity contribution in [2.75, 3.05) is 6.54 Å². The summed E-state index contributed by atoms with van der Waals surface area (Å²) in [6.07, 6.45) is 0. The number of imide groups is 1. The first-order chi connectivity index (χ1) is 9.20. The first-order valence-electron chi connectivity index (χ1n) is 5.88. The Morgan fingerprint density at radius 2 is 1.74 bits per heavy atom. The summed E-state index contributed by atoms with van der Waals surface area (Å²) < 4.78 is 0. The van der Waals surface area contributed by atoms with Gasteiger partial charge in [-0.1, -0.05) is 30.3 Å². The lowest BCUT2D eigenvalue weighted by molar-refractivity contribution is -0.121. The van der Waals surface area contributed by atoms with E-state index in [1.807, 2.05) is 30.3 Å². The van der Waals surface area contributed by atoms with Crippen molar-refractivity contribution in [2.24, 2.45) is 15.0 Å². The quantitative estimate of drug-likeness (QED) is 0.797. The summed E-state index contributed by atoms with van der Waals surface area (Å²) in [6.45, 7) is 1.99. The van der Waals surface area contributed by atoms with Gasteiger partial charge in [0.05, 0.1) is 0 Å². The lowest BCUT2D eigenvalue weighted by atomic mass is 10.2. The van der Waals surface area contributed by atoms with Crippen LogP contribution < -0.4 is 0 Å². The minimum atomic E-state index is -0.584. The Morgan fingerprint density at radius 1 is 1.00 bits per heavy atom. The fourth-order valence-electron chi connectivity index (χ4n) is 1.92. The molecule has 94 valence electrons. The zero-order chi connectivity index (χ0) is 13.4. The SMILES string of the molecule is CCN1C(=O)N=C2N=C(c3ccccc3)N=C2C1=O. The smallest absolute Gasteiger partial charge is 0.267 e. The molecule has 2 heterocycles. The predicted octanol–water partition coefficient (Wildman–Crippen LogP) is 1.27. The van der Waals surface area contributed by atoms with Gasteiger partial charge in [0.15, 0.2) is 17.4 Å². The number of amidine groups is 2. The molecule has 0 saturated carbocycles. The van der Waals surface area contributed by atoms with E-state index in [1.165, 1.54) is 0 Å². The van der Waals surface area contributed by atoms with Crippen LogP contribution in [0.1, 0.15) is 12.5 Å². The van der Waals surface area contributed by atoms with Crippen molar-refractivity contribution in [1.29, 1.82) is 0 Å². The van der Waals surface area contributed by atoms with E-state index in [4.69, 9.17) is 0 Å². The molecule has 1 aromatic rings. The molecule has 0 radical (unpaired) electrons. The molecule has 6 nitrogen and oxygen atoms in total. The third-order valence-electron chi connectivity index (χ3n) is 2.87. The highest BCUT2D eigenvalue weighted by Crippen LogP contribution is 2.15. The number of amides is 3. The molecule has 1 aromatic carbocycles. The molecule has 0 fully saturated rings. The van der Waals surface area contributed by atoms with Crippen LogP contribution in [-0.2, 0) is 4.79 Å². The Kier molecular flexibility index (Phi) is 2.56. The minimum absolute atomic E-state index is 0.110. The predicted molar refractivity (Wildman–Crippen MR) is 70.6 cm³/mol. The Bertz CT molecular complexity index is 658. The number of nitrogens with zero attached hydrogens (tertiary/aromatic N) is 4. The van der Waals surface area contributed by atoms with Crippen LogP contribution in [0.4, 0.5) is 4.79 Å². The molecule has 0 aromatic heterocycles. The Balaban J connectivity index is 2.04. The number of urea groups is 1. The molecule has 2 aliphatic rings. The normalized spacial score (nSPS) is 17.9. The van der Waals surface area contributed by atoms with E-state index in [-0.39, 0.29) is 18.1 Å². The number of hydrogen-bond acceptors (Lipinski definition) is 4. The second-order valence-corrected chi connectivity index (χ2v) is 4.03. The fourth-order valence-corrected chi connectivity index (χ4v) is 1.92. The zero-order valence-electron chi connectivity index (χ0n) is 10.2. The molecular weight excluding hydrogens is 244 g/mol. The Morgan fingerprint density at radius 3 is 2.42 bits per heavy atom. The summed E-state index contributed by atoms with van der Waals surface area (Å²) >= 11 is 0. The molecule has 3 amide bonds. The standard InChI is InChI=1S/C13H10N4O2/c1-2-17-12(18)9-11(16-13(17)19)15-10(14-9)8-6-4-3-5-7-8/h3-7H,2H2,1H3. The second-order valence-electron chi connectivity index (χ2n) is 4.03. The molecule has 0 atom stereocenters. The number of carbonyl (C=O) groups is 2. The number of rotatable bonds is 2. The van der Waals surface area contributed by atoms with Crippen LogP contribution in [0.3, 0.4) is 0 Å². The average Bonchev–Trinajstić information content (AvgIpc) is 2.84. The summed E-state index contributed by atoms with van der Waals surface area (Å²) in [6, 6.07) is 8.68.